The van der Waals surface area contributed by atoms with Gasteiger partial charge in [0.2, 0.25) is 5.91 Å². The minimum absolute atomic E-state index is 0.0526. The third kappa shape index (κ3) is 5.85. The smallest absolute Gasteiger partial charge is 0.433 e. The average Bonchev–Trinajstić information content (AvgIpc) is 3.23. The van der Waals surface area contributed by atoms with Crippen molar-refractivity contribution >= 4 is 18.0 Å². The van der Waals surface area contributed by atoms with Crippen LogP contribution in [0.3, 0.4) is 0 Å². The molecule has 1 aliphatic heterocycles. The van der Waals surface area contributed by atoms with Crippen molar-refractivity contribution in [2.75, 3.05) is 19.8 Å². The number of nitrogens with one attached hydrogen (secondary N) is 1. The predicted octanol–water partition coefficient (Wildman–Crippen LogP) is -0.234. The van der Waals surface area contributed by atoms with Crippen molar-refractivity contribution in [3.05, 3.63) is 59.7 Å². The third-order valence-corrected chi connectivity index (χ3v) is 6.51. The Hall–Kier alpha value is -3.39. The van der Waals surface area contributed by atoms with E-state index in [4.69, 9.17) is 24.7 Å². The van der Waals surface area contributed by atoms with Crippen molar-refractivity contribution < 1.29 is 48.7 Å². The van der Waals surface area contributed by atoms with E-state index in [-0.39, 0.29) is 12.5 Å². The summed E-state index contributed by atoms with van der Waals surface area (Å²) in [5, 5.41) is 32.1. The number of ether oxygens (including phenoxy) is 4. The Labute approximate surface area is 218 Å². The molecular formula is C26H30N2O10. The van der Waals surface area contributed by atoms with Gasteiger partial charge in [-0.25, -0.2) is 9.59 Å². The summed E-state index contributed by atoms with van der Waals surface area (Å²) in [6, 6.07) is 12.9. The molecule has 6 N–H and O–H groups in total. The molecule has 4 rings (SSSR count). The number of nitrogens with two attached hydrogens (primary N) is 1. The number of hydrogen-bond acceptors (Lipinski definition) is 11. The molecule has 1 saturated heterocycles. The molecule has 0 radical (unpaired) electrons. The van der Waals surface area contributed by atoms with Gasteiger partial charge < -0.3 is 45.3 Å². The van der Waals surface area contributed by atoms with Crippen molar-refractivity contribution in [1.82, 2.24) is 5.32 Å². The number of amides is 1. The second-order valence-electron chi connectivity index (χ2n) is 9.08. The van der Waals surface area contributed by atoms with Crippen LogP contribution in [0, 0.1) is 0 Å². The summed E-state index contributed by atoms with van der Waals surface area (Å²) in [4.78, 5) is 36.1. The number of carbonyl (C=O) groups excluding carboxylic acids is 3. The zero-order valence-electron chi connectivity index (χ0n) is 20.6. The van der Waals surface area contributed by atoms with E-state index >= 15 is 0 Å². The Balaban J connectivity index is 1.30. The maximum atomic E-state index is 12.3. The zero-order valence-corrected chi connectivity index (χ0v) is 20.6. The highest BCUT2D eigenvalue weighted by Crippen LogP contribution is 2.44. The van der Waals surface area contributed by atoms with Crippen molar-refractivity contribution in [2.45, 2.75) is 49.5 Å². The molecule has 1 fully saturated rings. The monoisotopic (exact) mass is 530 g/mol. The first-order chi connectivity index (χ1) is 18.2. The number of benzene rings is 2. The maximum Gasteiger partial charge on any atom is 0.516 e. The second-order valence-corrected chi connectivity index (χ2v) is 9.08. The molecule has 1 amide bonds. The zero-order chi connectivity index (χ0) is 27.4. The highest BCUT2D eigenvalue weighted by atomic mass is 16.7. The molecule has 204 valence electrons. The fourth-order valence-electron chi connectivity index (χ4n) is 4.66. The van der Waals surface area contributed by atoms with E-state index in [9.17, 15) is 29.7 Å². The number of aliphatic hydroxyl groups is 3. The lowest BCUT2D eigenvalue weighted by molar-refractivity contribution is -0.270. The van der Waals surface area contributed by atoms with E-state index in [1.165, 1.54) is 6.92 Å². The number of aliphatic hydroxyl groups excluding tert-OH is 3. The first kappa shape index (κ1) is 27.6. The topological polar surface area (TPSA) is 187 Å². The predicted molar refractivity (Wildman–Crippen MR) is 130 cm³/mol. The third-order valence-electron chi connectivity index (χ3n) is 6.51. The molecule has 0 unspecified atom stereocenters. The highest BCUT2D eigenvalue weighted by Gasteiger charge is 2.45. The van der Waals surface area contributed by atoms with Gasteiger partial charge in [0.05, 0.1) is 13.2 Å². The van der Waals surface area contributed by atoms with E-state index in [0.717, 1.165) is 22.3 Å². The fraction of sp³-hybridized carbons (Fsp3) is 0.423. The number of carbonyl (C=O) groups is 3. The van der Waals surface area contributed by atoms with Crippen LogP contribution in [0.2, 0.25) is 0 Å². The van der Waals surface area contributed by atoms with Gasteiger partial charge in [0.15, 0.2) is 6.29 Å². The van der Waals surface area contributed by atoms with Crippen LogP contribution >= 0.6 is 0 Å². The Morgan fingerprint density at radius 2 is 1.63 bits per heavy atom. The van der Waals surface area contributed by atoms with E-state index in [1.54, 1.807) is 0 Å². The van der Waals surface area contributed by atoms with Gasteiger partial charge in [-0.2, -0.15) is 0 Å². The summed E-state index contributed by atoms with van der Waals surface area (Å²) in [5.41, 5.74) is 9.87. The van der Waals surface area contributed by atoms with Gasteiger partial charge in [-0.05, 0) is 22.3 Å². The largest absolute Gasteiger partial charge is 0.516 e. The Kier molecular flexibility index (Phi) is 8.72. The molecule has 2 aromatic rings. The molecule has 0 aromatic heterocycles. The summed E-state index contributed by atoms with van der Waals surface area (Å²) in [6.45, 7) is -0.0350. The van der Waals surface area contributed by atoms with Crippen LogP contribution in [0.1, 0.15) is 24.0 Å². The molecule has 2 aromatic carbocycles. The van der Waals surface area contributed by atoms with E-state index in [1.807, 2.05) is 48.5 Å². The molecule has 1 aliphatic carbocycles. The van der Waals surface area contributed by atoms with Crippen LogP contribution in [0.5, 0.6) is 0 Å². The molecule has 38 heavy (non-hydrogen) atoms. The van der Waals surface area contributed by atoms with Gasteiger partial charge in [-0.3, -0.25) is 4.79 Å². The Morgan fingerprint density at radius 3 is 2.21 bits per heavy atom. The van der Waals surface area contributed by atoms with Gasteiger partial charge >= 0.3 is 12.1 Å². The van der Waals surface area contributed by atoms with E-state index < -0.39 is 67.9 Å². The van der Waals surface area contributed by atoms with Crippen molar-refractivity contribution in [3.63, 3.8) is 0 Å². The van der Waals surface area contributed by atoms with Gasteiger partial charge in [-0.1, -0.05) is 48.5 Å². The number of rotatable bonds is 8. The molecular weight excluding hydrogens is 500 g/mol. The minimum Gasteiger partial charge on any atom is -0.433 e. The van der Waals surface area contributed by atoms with Crippen molar-refractivity contribution in [2.24, 2.45) is 5.73 Å². The maximum absolute atomic E-state index is 12.3. The summed E-state index contributed by atoms with van der Waals surface area (Å²) in [6.07, 6.45) is -6.81. The molecule has 2 aliphatic rings. The first-order valence-corrected chi connectivity index (χ1v) is 12.0. The summed E-state index contributed by atoms with van der Waals surface area (Å²) >= 11 is 0. The fourth-order valence-corrected chi connectivity index (χ4v) is 4.66. The van der Waals surface area contributed by atoms with E-state index in [2.05, 4.69) is 5.32 Å². The first-order valence-electron chi connectivity index (χ1n) is 12.0. The molecule has 0 spiro atoms. The van der Waals surface area contributed by atoms with Crippen molar-refractivity contribution in [1.29, 1.82) is 0 Å². The Bertz CT molecular complexity index is 1130. The molecule has 0 bridgehead atoms. The molecule has 12 heteroatoms. The highest BCUT2D eigenvalue weighted by molar-refractivity contribution is 5.85. The summed E-state index contributed by atoms with van der Waals surface area (Å²) in [5.74, 6) is -1.90. The van der Waals surface area contributed by atoms with Crippen LogP contribution in [0.15, 0.2) is 48.5 Å². The summed E-state index contributed by atoms with van der Waals surface area (Å²) in [7, 11) is 0. The number of fused-ring (bicyclic) bond motifs is 3. The standard InChI is InChI=1S/C26H30N2O10/c1-13(30)28-21-23(32)22(31)20(10-29)37-25(21)35-12-19(27)24(33)38-26(34)36-11-18-16-8-4-2-6-14(16)15-7-3-5-9-17(15)18/h2-9,18-23,25,29,31-32H,10-12,27H2,1H3,(H,28,30)/t19-,20+,21+,22-,23+,25-/m0/s1. The average molecular weight is 531 g/mol. The van der Waals surface area contributed by atoms with Gasteiger partial charge in [-0.15, -0.1) is 0 Å². The van der Waals surface area contributed by atoms with Crippen molar-refractivity contribution in [3.8, 4) is 11.1 Å². The lowest BCUT2D eigenvalue weighted by Crippen LogP contribution is -2.65. The van der Waals surface area contributed by atoms with Crippen LogP contribution in [-0.2, 0) is 28.5 Å². The second kappa shape index (κ2) is 12.0. The Morgan fingerprint density at radius 1 is 1.03 bits per heavy atom. The lowest BCUT2D eigenvalue weighted by atomic mass is 9.97. The molecule has 0 saturated carbocycles. The molecule has 1 heterocycles. The molecule has 6 atom stereocenters. The lowest BCUT2D eigenvalue weighted by Gasteiger charge is -2.42. The van der Waals surface area contributed by atoms with Crippen LogP contribution in [0.4, 0.5) is 4.79 Å². The normalized spacial score (nSPS) is 25.1. The van der Waals surface area contributed by atoms with Crippen LogP contribution < -0.4 is 11.1 Å². The van der Waals surface area contributed by atoms with Gasteiger partial charge in [0.1, 0.15) is 37.0 Å². The SMILES string of the molecule is CC(=O)N[C@H]1[C@@H](OC[C@H](N)C(=O)OC(=O)OCC2c3ccccc3-c3ccccc32)O[C@H](CO)[C@H](O)[C@@H]1O. The van der Waals surface area contributed by atoms with E-state index in [0.29, 0.717) is 0 Å². The van der Waals surface area contributed by atoms with Crippen LogP contribution in [-0.4, -0.2) is 89.9 Å². The number of hydrogen-bond donors (Lipinski definition) is 5. The minimum atomic E-state index is -1.53. The molecule has 12 nitrogen and oxygen atoms in total. The summed E-state index contributed by atoms with van der Waals surface area (Å²) < 4.78 is 20.8. The van der Waals surface area contributed by atoms with Gasteiger partial charge in [0, 0.05) is 12.8 Å². The van der Waals surface area contributed by atoms with Crippen LogP contribution in [0.25, 0.3) is 11.1 Å². The quantitative estimate of drug-likeness (QED) is 0.224. The van der Waals surface area contributed by atoms with Gasteiger partial charge in [0.25, 0.3) is 0 Å². The number of esters is 1.